The molecule has 0 bridgehead atoms. The van der Waals surface area contributed by atoms with Crippen molar-refractivity contribution in [2.75, 3.05) is 0 Å². The summed E-state index contributed by atoms with van der Waals surface area (Å²) < 4.78 is 5.15. The molecule has 0 radical (unpaired) electrons. The van der Waals surface area contributed by atoms with Crippen LogP contribution in [0.2, 0.25) is 0 Å². The maximum atomic E-state index is 11.6. The van der Waals surface area contributed by atoms with Crippen LogP contribution < -0.4 is 0 Å². The molecule has 1 heterocycles. The second-order valence-corrected chi connectivity index (χ2v) is 5.29. The molecule has 0 N–H and O–H groups in total. The molecule has 1 aromatic carbocycles. The van der Waals surface area contributed by atoms with Crippen molar-refractivity contribution in [2.45, 2.75) is 33.1 Å². The number of ether oxygens (including phenoxy) is 1. The number of cyclic esters (lactones) is 1. The summed E-state index contributed by atoms with van der Waals surface area (Å²) in [6.07, 6.45) is 2.40. The van der Waals surface area contributed by atoms with Gasteiger partial charge >= 0.3 is 5.97 Å². The van der Waals surface area contributed by atoms with Gasteiger partial charge in [0.05, 0.1) is 11.7 Å². The number of esters is 1. The highest BCUT2D eigenvalue weighted by molar-refractivity contribution is 5.78. The molecule has 1 aliphatic heterocycles. The van der Waals surface area contributed by atoms with E-state index in [0.717, 1.165) is 6.42 Å². The number of benzene rings is 1. The Hall–Kier alpha value is -1.57. The van der Waals surface area contributed by atoms with Crippen LogP contribution in [0.4, 0.5) is 0 Å². The second kappa shape index (κ2) is 4.36. The number of carbonyl (C=O) groups is 1. The van der Waals surface area contributed by atoms with Gasteiger partial charge in [0.15, 0.2) is 0 Å². The smallest absolute Gasteiger partial charge is 0.316 e. The summed E-state index contributed by atoms with van der Waals surface area (Å²) in [6, 6.07) is 10.3. The fourth-order valence-corrected chi connectivity index (χ4v) is 2.12. The molecule has 0 amide bonds. The maximum absolute atomic E-state index is 11.6. The lowest BCUT2D eigenvalue weighted by Gasteiger charge is -2.30. The maximum Gasteiger partial charge on any atom is 0.316 e. The number of hydrogen-bond acceptors (Lipinski definition) is 2. The van der Waals surface area contributed by atoms with E-state index in [4.69, 9.17) is 4.74 Å². The van der Waals surface area contributed by atoms with Crippen LogP contribution in [0.25, 0.3) is 0 Å². The highest BCUT2D eigenvalue weighted by Gasteiger charge is 2.35. The molecule has 1 atom stereocenters. The predicted octanol–water partition coefficient (Wildman–Crippen LogP) is 3.65. The summed E-state index contributed by atoms with van der Waals surface area (Å²) in [5, 5.41) is 0. The number of hydrogen-bond donors (Lipinski definition) is 0. The molecular formula is C15H18O2. The van der Waals surface area contributed by atoms with Crippen LogP contribution in [-0.2, 0) is 9.53 Å². The van der Waals surface area contributed by atoms with Gasteiger partial charge in [0.1, 0.15) is 0 Å². The minimum atomic E-state index is -0.410. The van der Waals surface area contributed by atoms with Crippen molar-refractivity contribution in [3.8, 4) is 0 Å². The molecule has 0 aromatic heterocycles. The van der Waals surface area contributed by atoms with Crippen molar-refractivity contribution in [3.63, 3.8) is 0 Å². The Labute approximate surface area is 102 Å². The van der Waals surface area contributed by atoms with Crippen LogP contribution in [0.1, 0.15) is 38.7 Å². The first-order chi connectivity index (χ1) is 8.00. The summed E-state index contributed by atoms with van der Waals surface area (Å²) in [4.78, 5) is 11.6. The van der Waals surface area contributed by atoms with Crippen molar-refractivity contribution >= 4 is 5.97 Å². The van der Waals surface area contributed by atoms with Crippen LogP contribution >= 0.6 is 0 Å². The summed E-state index contributed by atoms with van der Waals surface area (Å²) in [5.41, 5.74) is 2.03. The van der Waals surface area contributed by atoms with E-state index in [9.17, 15) is 4.79 Å². The third-order valence-corrected chi connectivity index (χ3v) is 3.37. The minimum absolute atomic E-state index is 0.137. The molecule has 0 saturated carbocycles. The summed E-state index contributed by atoms with van der Waals surface area (Å²) in [6.45, 7) is 6.01. The summed E-state index contributed by atoms with van der Waals surface area (Å²) in [5.74, 6) is 0.157. The lowest BCUT2D eigenvalue weighted by molar-refractivity contribution is -0.149. The molecule has 90 valence electrons. The molecule has 2 nitrogen and oxygen atoms in total. The van der Waals surface area contributed by atoms with E-state index in [2.05, 4.69) is 19.1 Å². The van der Waals surface area contributed by atoms with Gasteiger partial charge in [-0.25, -0.2) is 0 Å². The van der Waals surface area contributed by atoms with Gasteiger partial charge in [-0.2, -0.15) is 0 Å². The Bertz CT molecular complexity index is 443. The molecule has 17 heavy (non-hydrogen) atoms. The van der Waals surface area contributed by atoms with Gasteiger partial charge in [0.25, 0.3) is 0 Å². The van der Waals surface area contributed by atoms with Crippen molar-refractivity contribution in [1.82, 2.24) is 0 Å². The quantitative estimate of drug-likeness (QED) is 0.725. The second-order valence-electron chi connectivity index (χ2n) is 5.29. The van der Waals surface area contributed by atoms with Crippen molar-refractivity contribution in [3.05, 3.63) is 47.7 Å². The first kappa shape index (κ1) is 11.9. The monoisotopic (exact) mass is 230 g/mol. The lowest BCUT2D eigenvalue weighted by Crippen LogP contribution is -2.30. The first-order valence-electron chi connectivity index (χ1n) is 5.96. The zero-order chi connectivity index (χ0) is 12.5. The molecule has 0 aliphatic carbocycles. The predicted molar refractivity (Wildman–Crippen MR) is 67.4 cm³/mol. The number of carbonyl (C=O) groups excluding carboxylic acids is 1. The molecule has 0 fully saturated rings. The van der Waals surface area contributed by atoms with Gasteiger partial charge in [0.2, 0.25) is 0 Å². The van der Waals surface area contributed by atoms with Gasteiger partial charge in [-0.15, -0.1) is 0 Å². The average Bonchev–Trinajstić information content (AvgIpc) is 2.33. The molecule has 2 rings (SSSR count). The van der Waals surface area contributed by atoms with Crippen molar-refractivity contribution in [2.24, 2.45) is 5.41 Å². The van der Waals surface area contributed by atoms with Crippen LogP contribution in [0.5, 0.6) is 0 Å². The summed E-state index contributed by atoms with van der Waals surface area (Å²) >= 11 is 0. The van der Waals surface area contributed by atoms with Crippen molar-refractivity contribution in [1.29, 1.82) is 0 Å². The van der Waals surface area contributed by atoms with E-state index in [1.54, 1.807) is 6.26 Å². The third kappa shape index (κ3) is 2.41. The van der Waals surface area contributed by atoms with E-state index in [1.807, 2.05) is 32.0 Å². The van der Waals surface area contributed by atoms with E-state index < -0.39 is 5.41 Å². The fourth-order valence-electron chi connectivity index (χ4n) is 2.12. The summed E-state index contributed by atoms with van der Waals surface area (Å²) in [7, 11) is 0. The Kier molecular flexibility index (Phi) is 3.05. The van der Waals surface area contributed by atoms with Gasteiger partial charge in [-0.05, 0) is 31.4 Å². The topological polar surface area (TPSA) is 26.3 Å². The van der Waals surface area contributed by atoms with Crippen LogP contribution in [-0.4, -0.2) is 5.97 Å². The van der Waals surface area contributed by atoms with Crippen molar-refractivity contribution < 1.29 is 9.53 Å². The molecule has 1 aliphatic rings. The van der Waals surface area contributed by atoms with Crippen LogP contribution in [0.15, 0.2) is 42.2 Å². The van der Waals surface area contributed by atoms with E-state index in [1.165, 1.54) is 11.1 Å². The molecule has 0 saturated heterocycles. The van der Waals surface area contributed by atoms with E-state index in [-0.39, 0.29) is 5.97 Å². The molecule has 1 aromatic rings. The first-order valence-corrected chi connectivity index (χ1v) is 5.96. The Morgan fingerprint density at radius 2 is 1.88 bits per heavy atom. The third-order valence-electron chi connectivity index (χ3n) is 3.37. The highest BCUT2D eigenvalue weighted by Crippen LogP contribution is 2.37. The Morgan fingerprint density at radius 3 is 2.47 bits per heavy atom. The average molecular weight is 230 g/mol. The molecule has 1 unspecified atom stereocenters. The van der Waals surface area contributed by atoms with Gasteiger partial charge < -0.3 is 4.74 Å². The highest BCUT2D eigenvalue weighted by atomic mass is 16.5. The number of rotatable bonds is 2. The van der Waals surface area contributed by atoms with Crippen LogP contribution in [0, 0.1) is 5.41 Å². The van der Waals surface area contributed by atoms with E-state index >= 15 is 0 Å². The Morgan fingerprint density at radius 1 is 1.24 bits per heavy atom. The minimum Gasteiger partial charge on any atom is -0.434 e. The Balaban J connectivity index is 2.22. The zero-order valence-corrected chi connectivity index (χ0v) is 10.6. The SMILES string of the molecule is CC(C1=COC(=O)C(C)(C)C1)c1ccccc1. The van der Waals surface area contributed by atoms with Gasteiger partial charge in [-0.1, -0.05) is 37.3 Å². The van der Waals surface area contributed by atoms with Gasteiger partial charge in [0, 0.05) is 5.92 Å². The molecule has 0 spiro atoms. The standard InChI is InChI=1S/C15H18O2/c1-11(12-7-5-4-6-8-12)13-9-15(2,3)14(16)17-10-13/h4-8,10-11H,9H2,1-3H3. The van der Waals surface area contributed by atoms with Crippen LogP contribution in [0.3, 0.4) is 0 Å². The normalized spacial score (nSPS) is 20.4. The fraction of sp³-hybridized carbons (Fsp3) is 0.400. The van der Waals surface area contributed by atoms with Gasteiger partial charge in [-0.3, -0.25) is 4.79 Å². The van der Waals surface area contributed by atoms with E-state index in [0.29, 0.717) is 5.92 Å². The lowest BCUT2D eigenvalue weighted by atomic mass is 9.79. The molecular weight excluding hydrogens is 212 g/mol. The largest absolute Gasteiger partial charge is 0.434 e. The number of allylic oxidation sites excluding steroid dienone is 1. The molecule has 2 heteroatoms. The zero-order valence-electron chi connectivity index (χ0n) is 10.6.